The van der Waals surface area contributed by atoms with Crippen LogP contribution in [0.25, 0.3) is 0 Å². The SMILES string of the molecule is CC(C)(C)OC(=O)N1CCC(c2cc(C(F)(F)F)ccc2Sc2ccc(Cl)cc2)CC1. The van der Waals surface area contributed by atoms with E-state index in [2.05, 4.69) is 0 Å². The number of hydrogen-bond acceptors (Lipinski definition) is 3. The third-order valence-electron chi connectivity index (χ3n) is 4.97. The van der Waals surface area contributed by atoms with Crippen molar-refractivity contribution in [3.8, 4) is 0 Å². The molecular formula is C23H25ClF3NO2S. The van der Waals surface area contributed by atoms with Gasteiger partial charge in [-0.05, 0) is 87.6 Å². The fraction of sp³-hybridized carbons (Fsp3) is 0.435. The van der Waals surface area contributed by atoms with E-state index >= 15 is 0 Å². The van der Waals surface area contributed by atoms with Crippen molar-refractivity contribution >= 4 is 29.5 Å². The van der Waals surface area contributed by atoms with Crippen molar-refractivity contribution < 1.29 is 22.7 Å². The van der Waals surface area contributed by atoms with Gasteiger partial charge in [0, 0.05) is 27.9 Å². The molecule has 3 nitrogen and oxygen atoms in total. The van der Waals surface area contributed by atoms with Crippen LogP contribution in [0.5, 0.6) is 0 Å². The van der Waals surface area contributed by atoms with Crippen LogP contribution < -0.4 is 0 Å². The minimum Gasteiger partial charge on any atom is -0.444 e. The molecule has 31 heavy (non-hydrogen) atoms. The number of hydrogen-bond donors (Lipinski definition) is 0. The molecule has 0 aliphatic carbocycles. The molecular weight excluding hydrogens is 447 g/mol. The fourth-order valence-electron chi connectivity index (χ4n) is 3.47. The van der Waals surface area contributed by atoms with Gasteiger partial charge in [0.1, 0.15) is 5.60 Å². The Kier molecular flexibility index (Phi) is 7.16. The van der Waals surface area contributed by atoms with Crippen LogP contribution in [0.2, 0.25) is 5.02 Å². The van der Waals surface area contributed by atoms with Crippen LogP contribution >= 0.6 is 23.4 Å². The number of ether oxygens (including phenoxy) is 1. The Labute approximate surface area is 189 Å². The lowest BCUT2D eigenvalue weighted by Gasteiger charge is -2.34. The lowest BCUT2D eigenvalue weighted by Crippen LogP contribution is -2.41. The first-order valence-corrected chi connectivity index (χ1v) is 11.2. The largest absolute Gasteiger partial charge is 0.444 e. The number of rotatable bonds is 3. The van der Waals surface area contributed by atoms with Crippen LogP contribution in [-0.4, -0.2) is 29.7 Å². The molecule has 1 saturated heterocycles. The summed E-state index contributed by atoms with van der Waals surface area (Å²) in [4.78, 5) is 15.6. The zero-order valence-electron chi connectivity index (χ0n) is 17.6. The molecule has 3 rings (SSSR count). The first kappa shape index (κ1) is 23.8. The van der Waals surface area contributed by atoms with E-state index in [4.69, 9.17) is 16.3 Å². The number of carbonyl (C=O) groups is 1. The monoisotopic (exact) mass is 471 g/mol. The Morgan fingerprint density at radius 1 is 1.06 bits per heavy atom. The second-order valence-electron chi connectivity index (χ2n) is 8.55. The van der Waals surface area contributed by atoms with E-state index in [1.165, 1.54) is 23.9 Å². The number of amides is 1. The van der Waals surface area contributed by atoms with E-state index in [-0.39, 0.29) is 12.0 Å². The van der Waals surface area contributed by atoms with Gasteiger partial charge in [-0.2, -0.15) is 13.2 Å². The highest BCUT2D eigenvalue weighted by molar-refractivity contribution is 7.99. The summed E-state index contributed by atoms with van der Waals surface area (Å²) in [6.07, 6.45) is -3.63. The van der Waals surface area contributed by atoms with Gasteiger partial charge in [-0.15, -0.1) is 0 Å². The van der Waals surface area contributed by atoms with Crippen LogP contribution in [0, 0.1) is 0 Å². The van der Waals surface area contributed by atoms with E-state index < -0.39 is 17.3 Å². The standard InChI is InChI=1S/C23H25ClF3NO2S/c1-22(2,3)30-21(29)28-12-10-15(11-13-28)19-14-16(23(25,26)27)4-9-20(19)31-18-7-5-17(24)6-8-18/h4-9,14-15H,10-13H2,1-3H3. The van der Waals surface area contributed by atoms with Gasteiger partial charge >= 0.3 is 12.3 Å². The van der Waals surface area contributed by atoms with Crippen LogP contribution in [0.15, 0.2) is 52.3 Å². The molecule has 1 amide bonds. The molecule has 1 aliphatic heterocycles. The zero-order valence-corrected chi connectivity index (χ0v) is 19.2. The van der Waals surface area contributed by atoms with Gasteiger partial charge in [-0.25, -0.2) is 4.79 Å². The Bertz CT molecular complexity index is 918. The molecule has 0 spiro atoms. The molecule has 8 heteroatoms. The Morgan fingerprint density at radius 3 is 2.23 bits per heavy atom. The van der Waals surface area contributed by atoms with E-state index in [0.29, 0.717) is 36.5 Å². The molecule has 0 N–H and O–H groups in total. The average Bonchev–Trinajstić information content (AvgIpc) is 2.68. The van der Waals surface area contributed by atoms with Gasteiger partial charge in [-0.1, -0.05) is 23.4 Å². The first-order valence-electron chi connectivity index (χ1n) is 10.0. The van der Waals surface area contributed by atoms with Crippen molar-refractivity contribution in [3.63, 3.8) is 0 Å². The summed E-state index contributed by atoms with van der Waals surface area (Å²) in [6, 6.07) is 11.1. The third kappa shape index (κ3) is 6.56. The molecule has 0 unspecified atom stereocenters. The van der Waals surface area contributed by atoms with Gasteiger partial charge in [0.2, 0.25) is 0 Å². The number of alkyl halides is 3. The molecule has 1 aliphatic rings. The minimum absolute atomic E-state index is 0.0733. The normalized spacial score (nSPS) is 15.8. The summed E-state index contributed by atoms with van der Waals surface area (Å²) >= 11 is 7.36. The van der Waals surface area contributed by atoms with Gasteiger partial charge in [0.25, 0.3) is 0 Å². The first-order chi connectivity index (χ1) is 14.4. The predicted molar refractivity (Wildman–Crippen MR) is 117 cm³/mol. The van der Waals surface area contributed by atoms with Crippen molar-refractivity contribution in [2.24, 2.45) is 0 Å². The molecule has 0 saturated carbocycles. The molecule has 0 bridgehead atoms. The third-order valence-corrected chi connectivity index (χ3v) is 6.32. The number of benzene rings is 2. The average molecular weight is 472 g/mol. The highest BCUT2D eigenvalue weighted by Crippen LogP contribution is 2.41. The van der Waals surface area contributed by atoms with Crippen molar-refractivity contribution in [2.75, 3.05) is 13.1 Å². The summed E-state index contributed by atoms with van der Waals surface area (Å²) in [5.41, 5.74) is -0.576. The molecule has 168 valence electrons. The summed E-state index contributed by atoms with van der Waals surface area (Å²) < 4.78 is 45.5. The van der Waals surface area contributed by atoms with E-state index in [1.807, 2.05) is 12.1 Å². The van der Waals surface area contributed by atoms with Gasteiger partial charge in [0.05, 0.1) is 5.56 Å². The Morgan fingerprint density at radius 2 is 1.68 bits per heavy atom. The maximum absolute atomic E-state index is 13.4. The van der Waals surface area contributed by atoms with Gasteiger partial charge in [-0.3, -0.25) is 0 Å². The molecule has 1 fully saturated rings. The molecule has 2 aromatic carbocycles. The predicted octanol–water partition coefficient (Wildman–Crippen LogP) is 7.62. The summed E-state index contributed by atoms with van der Waals surface area (Å²) in [6.45, 7) is 6.31. The molecule has 0 radical (unpaired) electrons. The van der Waals surface area contributed by atoms with Crippen molar-refractivity contribution in [1.82, 2.24) is 4.90 Å². The van der Waals surface area contributed by atoms with Crippen LogP contribution in [-0.2, 0) is 10.9 Å². The number of piperidine rings is 1. The second-order valence-corrected chi connectivity index (χ2v) is 10.1. The van der Waals surface area contributed by atoms with Crippen LogP contribution in [0.3, 0.4) is 0 Å². The Balaban J connectivity index is 1.81. The quantitative estimate of drug-likeness (QED) is 0.461. The fourth-order valence-corrected chi connectivity index (χ4v) is 4.60. The molecule has 0 aromatic heterocycles. The number of nitrogens with zero attached hydrogens (tertiary/aromatic N) is 1. The van der Waals surface area contributed by atoms with Crippen molar-refractivity contribution in [2.45, 2.75) is 61.1 Å². The zero-order chi connectivity index (χ0) is 22.8. The van der Waals surface area contributed by atoms with E-state index in [9.17, 15) is 18.0 Å². The highest BCUT2D eigenvalue weighted by Gasteiger charge is 2.33. The number of likely N-dealkylation sites (tertiary alicyclic amines) is 1. The van der Waals surface area contributed by atoms with Gasteiger partial charge < -0.3 is 9.64 Å². The molecule has 2 aromatic rings. The lowest BCUT2D eigenvalue weighted by atomic mass is 9.88. The van der Waals surface area contributed by atoms with E-state index in [0.717, 1.165) is 15.9 Å². The maximum Gasteiger partial charge on any atom is 0.416 e. The van der Waals surface area contributed by atoms with Crippen LogP contribution in [0.1, 0.15) is 50.7 Å². The summed E-state index contributed by atoms with van der Waals surface area (Å²) in [5.74, 6) is -0.0733. The Hall–Kier alpha value is -1.86. The maximum atomic E-state index is 13.4. The topological polar surface area (TPSA) is 29.5 Å². The molecule has 1 heterocycles. The van der Waals surface area contributed by atoms with Gasteiger partial charge in [0.15, 0.2) is 0 Å². The summed E-state index contributed by atoms with van der Waals surface area (Å²) in [7, 11) is 0. The van der Waals surface area contributed by atoms with E-state index in [1.54, 1.807) is 37.8 Å². The van der Waals surface area contributed by atoms with Crippen molar-refractivity contribution in [1.29, 1.82) is 0 Å². The van der Waals surface area contributed by atoms with Crippen LogP contribution in [0.4, 0.5) is 18.0 Å². The lowest BCUT2D eigenvalue weighted by molar-refractivity contribution is -0.137. The molecule has 0 atom stereocenters. The number of carbonyl (C=O) groups excluding carboxylic acids is 1. The summed E-state index contributed by atoms with van der Waals surface area (Å²) in [5, 5.41) is 0.603. The second kappa shape index (κ2) is 9.33. The van der Waals surface area contributed by atoms with Crippen molar-refractivity contribution in [3.05, 3.63) is 58.6 Å². The number of halogens is 4. The highest BCUT2D eigenvalue weighted by atomic mass is 35.5. The minimum atomic E-state index is -4.41. The smallest absolute Gasteiger partial charge is 0.416 e.